The summed E-state index contributed by atoms with van der Waals surface area (Å²) in [5.74, 6) is 2.87. The number of rotatable bonds is 3. The predicted octanol–water partition coefficient (Wildman–Crippen LogP) is 3.25. The van der Waals surface area contributed by atoms with Gasteiger partial charge in [0, 0.05) is 25.0 Å². The molecule has 0 spiro atoms. The number of carbonyl (C=O) groups is 1. The second kappa shape index (κ2) is 4.65. The van der Waals surface area contributed by atoms with E-state index in [0.29, 0.717) is 11.8 Å². The van der Waals surface area contributed by atoms with Gasteiger partial charge < -0.3 is 9.15 Å². The summed E-state index contributed by atoms with van der Waals surface area (Å²) in [6, 6.07) is 1.96. The lowest BCUT2D eigenvalue weighted by Gasteiger charge is -2.24. The van der Waals surface area contributed by atoms with Crippen LogP contribution in [-0.2, 0) is 4.74 Å². The highest BCUT2D eigenvalue weighted by atomic mass is 16.5. The number of carbonyl (C=O) groups excluding carboxylic acids is 1. The number of ether oxygens (including phenoxy) is 1. The van der Waals surface area contributed by atoms with Gasteiger partial charge in [-0.3, -0.25) is 4.79 Å². The molecule has 1 aliphatic heterocycles. The maximum Gasteiger partial charge on any atom is 0.153 e. The van der Waals surface area contributed by atoms with Crippen LogP contribution in [0.5, 0.6) is 0 Å². The minimum absolute atomic E-state index is 0.441. The van der Waals surface area contributed by atoms with Gasteiger partial charge in [-0.05, 0) is 31.7 Å². The molecule has 2 aliphatic rings. The molecule has 2 heterocycles. The summed E-state index contributed by atoms with van der Waals surface area (Å²) >= 11 is 0. The molecule has 3 heteroatoms. The molecule has 1 aromatic heterocycles. The van der Waals surface area contributed by atoms with Crippen LogP contribution in [0.3, 0.4) is 0 Å². The Morgan fingerprint density at radius 3 is 2.47 bits per heavy atom. The van der Waals surface area contributed by atoms with Gasteiger partial charge in [-0.2, -0.15) is 0 Å². The lowest BCUT2D eigenvalue weighted by atomic mass is 9.82. The summed E-state index contributed by atoms with van der Waals surface area (Å²) in [7, 11) is 0. The Balaban J connectivity index is 1.84. The molecule has 0 amide bonds. The van der Waals surface area contributed by atoms with E-state index in [9.17, 15) is 4.79 Å². The van der Waals surface area contributed by atoms with E-state index < -0.39 is 0 Å². The molecular formula is C14H18O3. The second-order valence-electron chi connectivity index (χ2n) is 5.10. The van der Waals surface area contributed by atoms with E-state index in [1.54, 1.807) is 0 Å². The van der Waals surface area contributed by atoms with Crippen molar-refractivity contribution in [1.82, 2.24) is 0 Å². The van der Waals surface area contributed by atoms with Crippen molar-refractivity contribution in [2.45, 2.75) is 43.9 Å². The van der Waals surface area contributed by atoms with E-state index in [0.717, 1.165) is 49.4 Å². The Bertz CT molecular complexity index is 398. The fourth-order valence-electron chi connectivity index (χ4n) is 2.70. The molecule has 1 aromatic rings. The molecule has 92 valence electrons. The van der Waals surface area contributed by atoms with E-state index in [1.165, 1.54) is 19.3 Å². The van der Waals surface area contributed by atoms with Crippen molar-refractivity contribution in [3.8, 4) is 0 Å². The molecule has 2 fully saturated rings. The molecule has 3 nitrogen and oxygen atoms in total. The van der Waals surface area contributed by atoms with Gasteiger partial charge in [-0.1, -0.05) is 6.42 Å². The van der Waals surface area contributed by atoms with E-state index >= 15 is 0 Å². The van der Waals surface area contributed by atoms with E-state index in [2.05, 4.69) is 0 Å². The average molecular weight is 234 g/mol. The van der Waals surface area contributed by atoms with Crippen LogP contribution < -0.4 is 0 Å². The summed E-state index contributed by atoms with van der Waals surface area (Å²) in [4.78, 5) is 11.1. The maximum atomic E-state index is 11.1. The molecule has 0 atom stereocenters. The number of aldehydes is 1. The lowest BCUT2D eigenvalue weighted by Crippen LogP contribution is -2.13. The highest BCUT2D eigenvalue weighted by Gasteiger charge is 2.28. The quantitative estimate of drug-likeness (QED) is 0.753. The molecule has 17 heavy (non-hydrogen) atoms. The van der Waals surface area contributed by atoms with Crippen molar-refractivity contribution < 1.29 is 13.9 Å². The van der Waals surface area contributed by atoms with Crippen LogP contribution in [0.25, 0.3) is 0 Å². The van der Waals surface area contributed by atoms with Crippen LogP contribution >= 0.6 is 0 Å². The van der Waals surface area contributed by atoms with Crippen LogP contribution in [0.2, 0.25) is 0 Å². The minimum atomic E-state index is 0.441. The fraction of sp³-hybridized carbons (Fsp3) is 0.643. The third kappa shape index (κ3) is 2.04. The summed E-state index contributed by atoms with van der Waals surface area (Å²) in [6.45, 7) is 1.61. The Labute approximate surface area is 101 Å². The monoisotopic (exact) mass is 234 g/mol. The van der Waals surface area contributed by atoms with Crippen molar-refractivity contribution in [3.05, 3.63) is 23.2 Å². The second-order valence-corrected chi connectivity index (χ2v) is 5.10. The highest BCUT2D eigenvalue weighted by Crippen LogP contribution is 2.41. The first kappa shape index (κ1) is 11.0. The molecule has 1 saturated heterocycles. The molecule has 1 aliphatic carbocycles. The van der Waals surface area contributed by atoms with Gasteiger partial charge in [-0.25, -0.2) is 0 Å². The smallest absolute Gasteiger partial charge is 0.153 e. The zero-order chi connectivity index (χ0) is 11.7. The van der Waals surface area contributed by atoms with Gasteiger partial charge in [0.2, 0.25) is 0 Å². The lowest BCUT2D eigenvalue weighted by molar-refractivity contribution is 0.0800. The SMILES string of the molecule is O=Cc1cc(C2CCOCC2)oc1C1CCC1. The van der Waals surface area contributed by atoms with Gasteiger partial charge in [-0.15, -0.1) is 0 Å². The van der Waals surface area contributed by atoms with Crippen molar-refractivity contribution >= 4 is 6.29 Å². The van der Waals surface area contributed by atoms with Crippen molar-refractivity contribution in [2.24, 2.45) is 0 Å². The van der Waals surface area contributed by atoms with Crippen LogP contribution in [-0.4, -0.2) is 19.5 Å². The van der Waals surface area contributed by atoms with Gasteiger partial charge in [0.1, 0.15) is 11.5 Å². The third-order valence-electron chi connectivity index (χ3n) is 4.04. The maximum absolute atomic E-state index is 11.1. The normalized spacial score (nSPS) is 22.4. The Morgan fingerprint density at radius 1 is 1.12 bits per heavy atom. The minimum Gasteiger partial charge on any atom is -0.465 e. The first-order chi connectivity index (χ1) is 8.38. The molecule has 0 radical (unpaired) electrons. The van der Waals surface area contributed by atoms with Crippen molar-refractivity contribution in [1.29, 1.82) is 0 Å². The van der Waals surface area contributed by atoms with E-state index in [1.807, 2.05) is 6.07 Å². The van der Waals surface area contributed by atoms with E-state index in [4.69, 9.17) is 9.15 Å². The summed E-state index contributed by atoms with van der Waals surface area (Å²) in [5, 5.41) is 0. The van der Waals surface area contributed by atoms with Crippen LogP contribution in [0.4, 0.5) is 0 Å². The zero-order valence-corrected chi connectivity index (χ0v) is 9.98. The van der Waals surface area contributed by atoms with Gasteiger partial charge in [0.15, 0.2) is 6.29 Å². The molecule has 0 N–H and O–H groups in total. The standard InChI is InChI=1S/C14H18O3/c15-9-12-8-13(10-4-6-16-7-5-10)17-14(12)11-2-1-3-11/h8-11H,1-7H2. The third-order valence-corrected chi connectivity index (χ3v) is 4.04. The van der Waals surface area contributed by atoms with Crippen molar-refractivity contribution in [3.63, 3.8) is 0 Å². The largest absolute Gasteiger partial charge is 0.465 e. The molecule has 1 saturated carbocycles. The highest BCUT2D eigenvalue weighted by molar-refractivity contribution is 5.77. The summed E-state index contributed by atoms with van der Waals surface area (Å²) in [6.07, 6.45) is 6.56. The first-order valence-electron chi connectivity index (χ1n) is 6.55. The fourth-order valence-corrected chi connectivity index (χ4v) is 2.70. The van der Waals surface area contributed by atoms with Crippen LogP contribution in [0.15, 0.2) is 10.5 Å². The average Bonchev–Trinajstić information content (AvgIpc) is 2.72. The zero-order valence-electron chi connectivity index (χ0n) is 9.98. The van der Waals surface area contributed by atoms with E-state index in [-0.39, 0.29) is 0 Å². The predicted molar refractivity (Wildman–Crippen MR) is 63.5 cm³/mol. The van der Waals surface area contributed by atoms with Crippen LogP contribution in [0.1, 0.15) is 65.8 Å². The molecule has 0 aromatic carbocycles. The molecular weight excluding hydrogens is 216 g/mol. The van der Waals surface area contributed by atoms with Crippen LogP contribution in [0, 0.1) is 0 Å². The number of furan rings is 1. The Hall–Kier alpha value is -1.09. The van der Waals surface area contributed by atoms with Gasteiger partial charge >= 0.3 is 0 Å². The molecule has 3 rings (SSSR count). The molecule has 0 unspecified atom stereocenters. The van der Waals surface area contributed by atoms with Gasteiger partial charge in [0.05, 0.1) is 5.56 Å². The van der Waals surface area contributed by atoms with Gasteiger partial charge in [0.25, 0.3) is 0 Å². The summed E-state index contributed by atoms with van der Waals surface area (Å²) in [5.41, 5.74) is 0.774. The molecule has 0 bridgehead atoms. The first-order valence-corrected chi connectivity index (χ1v) is 6.55. The Kier molecular flexibility index (Phi) is 3.02. The number of hydrogen-bond donors (Lipinski definition) is 0. The number of hydrogen-bond acceptors (Lipinski definition) is 3. The summed E-state index contributed by atoms with van der Waals surface area (Å²) < 4.78 is 11.3. The Morgan fingerprint density at radius 2 is 1.88 bits per heavy atom. The topological polar surface area (TPSA) is 39.4 Å². The van der Waals surface area contributed by atoms with Crippen molar-refractivity contribution in [2.75, 3.05) is 13.2 Å².